The van der Waals surface area contributed by atoms with Gasteiger partial charge in [-0.25, -0.2) is 4.39 Å². The SMILES string of the molecule is CN(C)Cc1cc(-c2ccccc2F)nn1CCNC(=O)C[C@@H]1C=CCC1. The highest BCUT2D eigenvalue weighted by atomic mass is 19.1. The van der Waals surface area contributed by atoms with E-state index in [1.807, 2.05) is 29.7 Å². The Bertz CT molecular complexity index is 812. The number of benzene rings is 1. The van der Waals surface area contributed by atoms with Crippen molar-refractivity contribution in [2.45, 2.75) is 32.4 Å². The van der Waals surface area contributed by atoms with E-state index in [-0.39, 0.29) is 11.7 Å². The van der Waals surface area contributed by atoms with Crippen LogP contribution in [0.4, 0.5) is 4.39 Å². The molecule has 0 fully saturated rings. The monoisotopic (exact) mass is 370 g/mol. The second-order valence-corrected chi connectivity index (χ2v) is 7.28. The van der Waals surface area contributed by atoms with E-state index in [2.05, 4.69) is 22.6 Å². The summed E-state index contributed by atoms with van der Waals surface area (Å²) in [6.45, 7) is 1.76. The Morgan fingerprint density at radius 3 is 2.89 bits per heavy atom. The number of halogens is 1. The minimum Gasteiger partial charge on any atom is -0.354 e. The lowest BCUT2D eigenvalue weighted by Crippen LogP contribution is -2.29. The number of nitrogens with zero attached hydrogens (tertiary/aromatic N) is 3. The summed E-state index contributed by atoms with van der Waals surface area (Å²) >= 11 is 0. The van der Waals surface area contributed by atoms with Gasteiger partial charge in [0.2, 0.25) is 5.91 Å². The molecule has 0 radical (unpaired) electrons. The van der Waals surface area contributed by atoms with E-state index in [0.717, 1.165) is 18.5 Å². The molecule has 144 valence electrons. The van der Waals surface area contributed by atoms with Crippen LogP contribution in [0.5, 0.6) is 0 Å². The van der Waals surface area contributed by atoms with Crippen LogP contribution >= 0.6 is 0 Å². The van der Waals surface area contributed by atoms with Crippen molar-refractivity contribution in [2.75, 3.05) is 20.6 Å². The molecule has 1 heterocycles. The van der Waals surface area contributed by atoms with Crippen LogP contribution in [0.25, 0.3) is 11.3 Å². The highest BCUT2D eigenvalue weighted by molar-refractivity contribution is 5.76. The minimum absolute atomic E-state index is 0.0715. The molecule has 6 heteroatoms. The Balaban J connectivity index is 1.65. The van der Waals surface area contributed by atoms with E-state index in [9.17, 15) is 9.18 Å². The van der Waals surface area contributed by atoms with Gasteiger partial charge in [0.25, 0.3) is 0 Å². The molecule has 0 bridgehead atoms. The lowest BCUT2D eigenvalue weighted by atomic mass is 10.1. The van der Waals surface area contributed by atoms with Crippen molar-refractivity contribution >= 4 is 5.91 Å². The summed E-state index contributed by atoms with van der Waals surface area (Å²) in [5, 5.41) is 7.56. The third-order valence-corrected chi connectivity index (χ3v) is 4.70. The Morgan fingerprint density at radius 2 is 2.19 bits per heavy atom. The first kappa shape index (κ1) is 19.3. The fourth-order valence-electron chi connectivity index (χ4n) is 3.38. The van der Waals surface area contributed by atoms with Gasteiger partial charge in [-0.15, -0.1) is 0 Å². The molecule has 1 aromatic carbocycles. The second kappa shape index (κ2) is 8.95. The molecule has 27 heavy (non-hydrogen) atoms. The average molecular weight is 370 g/mol. The first-order valence-corrected chi connectivity index (χ1v) is 9.42. The molecular weight excluding hydrogens is 343 g/mol. The maximum atomic E-state index is 14.1. The number of carbonyl (C=O) groups excluding carboxylic acids is 1. The fraction of sp³-hybridized carbons (Fsp3) is 0.429. The predicted molar refractivity (Wildman–Crippen MR) is 105 cm³/mol. The summed E-state index contributed by atoms with van der Waals surface area (Å²) in [4.78, 5) is 14.1. The van der Waals surface area contributed by atoms with Gasteiger partial charge in [0.05, 0.1) is 17.9 Å². The number of allylic oxidation sites excluding steroid dienone is 2. The van der Waals surface area contributed by atoms with Crippen molar-refractivity contribution in [1.82, 2.24) is 20.0 Å². The molecule has 5 nitrogen and oxygen atoms in total. The molecule has 0 spiro atoms. The van der Waals surface area contributed by atoms with Crippen molar-refractivity contribution in [3.05, 3.63) is 54.0 Å². The van der Waals surface area contributed by atoms with Crippen LogP contribution in [0.2, 0.25) is 0 Å². The lowest BCUT2D eigenvalue weighted by Gasteiger charge is -2.13. The van der Waals surface area contributed by atoms with Gasteiger partial charge in [0.15, 0.2) is 0 Å². The van der Waals surface area contributed by atoms with E-state index in [1.54, 1.807) is 18.2 Å². The Morgan fingerprint density at radius 1 is 1.37 bits per heavy atom. The van der Waals surface area contributed by atoms with Crippen molar-refractivity contribution in [3.63, 3.8) is 0 Å². The zero-order valence-corrected chi connectivity index (χ0v) is 16.0. The van der Waals surface area contributed by atoms with Gasteiger partial charge < -0.3 is 10.2 Å². The quantitative estimate of drug-likeness (QED) is 0.726. The number of hydrogen-bond acceptors (Lipinski definition) is 3. The van der Waals surface area contributed by atoms with Crippen molar-refractivity contribution in [3.8, 4) is 11.3 Å². The smallest absolute Gasteiger partial charge is 0.220 e. The maximum Gasteiger partial charge on any atom is 0.220 e. The van der Waals surface area contributed by atoms with Crippen LogP contribution in [-0.4, -0.2) is 41.2 Å². The normalized spacial score (nSPS) is 16.2. The van der Waals surface area contributed by atoms with Gasteiger partial charge in [-0.05, 0) is 51.1 Å². The standard InChI is InChI=1S/C21H27FN4O/c1-25(2)15-17-14-20(18-9-5-6-10-19(18)22)24-26(17)12-11-23-21(27)13-16-7-3-4-8-16/h3,5-7,9-10,14,16H,4,8,11-13,15H2,1-2H3,(H,23,27)/t16-/m1/s1. The third-order valence-electron chi connectivity index (χ3n) is 4.70. The third kappa shape index (κ3) is 5.26. The topological polar surface area (TPSA) is 50.2 Å². The van der Waals surface area contributed by atoms with Crippen molar-refractivity contribution in [1.29, 1.82) is 0 Å². The molecule has 1 aliphatic carbocycles. The summed E-state index contributed by atoms with van der Waals surface area (Å²) in [6, 6.07) is 8.58. The predicted octanol–water partition coefficient (Wildman–Crippen LogP) is 3.22. The first-order chi connectivity index (χ1) is 13.0. The van der Waals surface area contributed by atoms with E-state index in [0.29, 0.717) is 43.2 Å². The van der Waals surface area contributed by atoms with Gasteiger partial charge in [-0.1, -0.05) is 24.3 Å². The number of rotatable bonds is 8. The van der Waals surface area contributed by atoms with E-state index >= 15 is 0 Å². The zero-order chi connectivity index (χ0) is 19.2. The van der Waals surface area contributed by atoms with Gasteiger partial charge in [-0.3, -0.25) is 9.48 Å². The van der Waals surface area contributed by atoms with Crippen LogP contribution in [0.3, 0.4) is 0 Å². The van der Waals surface area contributed by atoms with E-state index in [4.69, 9.17) is 0 Å². The van der Waals surface area contributed by atoms with Crippen LogP contribution < -0.4 is 5.32 Å². The minimum atomic E-state index is -0.281. The molecule has 1 atom stereocenters. The number of hydrogen-bond donors (Lipinski definition) is 1. The highest BCUT2D eigenvalue weighted by Gasteiger charge is 2.15. The largest absolute Gasteiger partial charge is 0.354 e. The summed E-state index contributed by atoms with van der Waals surface area (Å²) in [7, 11) is 3.97. The zero-order valence-electron chi connectivity index (χ0n) is 16.0. The average Bonchev–Trinajstić information content (AvgIpc) is 3.25. The molecular formula is C21H27FN4O. The van der Waals surface area contributed by atoms with Gasteiger partial charge in [-0.2, -0.15) is 5.10 Å². The van der Waals surface area contributed by atoms with Crippen molar-refractivity contribution < 1.29 is 9.18 Å². The molecule has 0 saturated carbocycles. The maximum absolute atomic E-state index is 14.1. The molecule has 0 aliphatic heterocycles. The van der Waals surface area contributed by atoms with Crippen LogP contribution in [0.15, 0.2) is 42.5 Å². The number of nitrogens with one attached hydrogen (secondary N) is 1. The van der Waals surface area contributed by atoms with Crippen LogP contribution in [0.1, 0.15) is 25.0 Å². The van der Waals surface area contributed by atoms with E-state index in [1.165, 1.54) is 6.07 Å². The second-order valence-electron chi connectivity index (χ2n) is 7.28. The number of aromatic nitrogens is 2. The number of carbonyl (C=O) groups is 1. The fourth-order valence-corrected chi connectivity index (χ4v) is 3.38. The summed E-state index contributed by atoms with van der Waals surface area (Å²) in [6.07, 6.45) is 6.94. The molecule has 0 unspecified atom stereocenters. The lowest BCUT2D eigenvalue weighted by molar-refractivity contribution is -0.121. The Kier molecular flexibility index (Phi) is 6.40. The molecule has 0 saturated heterocycles. The summed E-state index contributed by atoms with van der Waals surface area (Å²) in [5.41, 5.74) is 2.10. The van der Waals surface area contributed by atoms with Crippen LogP contribution in [0, 0.1) is 11.7 Å². The van der Waals surface area contributed by atoms with Gasteiger partial charge in [0, 0.05) is 25.1 Å². The first-order valence-electron chi connectivity index (χ1n) is 9.42. The summed E-state index contributed by atoms with van der Waals surface area (Å²) < 4.78 is 16.0. The number of amides is 1. The van der Waals surface area contributed by atoms with Gasteiger partial charge >= 0.3 is 0 Å². The molecule has 1 N–H and O–H groups in total. The van der Waals surface area contributed by atoms with Gasteiger partial charge in [0.1, 0.15) is 5.82 Å². The molecule has 1 amide bonds. The Hall–Kier alpha value is -2.47. The van der Waals surface area contributed by atoms with Crippen LogP contribution in [-0.2, 0) is 17.9 Å². The molecule has 2 aromatic rings. The molecule has 1 aliphatic rings. The van der Waals surface area contributed by atoms with E-state index < -0.39 is 0 Å². The van der Waals surface area contributed by atoms with Crippen molar-refractivity contribution in [2.24, 2.45) is 5.92 Å². The Labute approximate surface area is 159 Å². The molecule has 1 aromatic heterocycles. The summed E-state index contributed by atoms with van der Waals surface area (Å²) in [5.74, 6) is 0.158. The highest BCUT2D eigenvalue weighted by Crippen LogP contribution is 2.23. The molecule has 3 rings (SSSR count).